The highest BCUT2D eigenvalue weighted by Gasteiger charge is 2.31. The van der Waals surface area contributed by atoms with E-state index in [-0.39, 0.29) is 5.92 Å². The first-order valence-electron chi connectivity index (χ1n) is 9.44. The van der Waals surface area contributed by atoms with Gasteiger partial charge >= 0.3 is 0 Å². The van der Waals surface area contributed by atoms with Crippen molar-refractivity contribution in [3.05, 3.63) is 46.5 Å². The van der Waals surface area contributed by atoms with Crippen LogP contribution in [0.25, 0.3) is 11.0 Å². The molecule has 1 fully saturated rings. The maximum Gasteiger partial charge on any atom is 0.226 e. The molecule has 6 nitrogen and oxygen atoms in total. The molecule has 5 rings (SSSR count). The van der Waals surface area contributed by atoms with Gasteiger partial charge in [-0.1, -0.05) is 0 Å². The number of nitrogens with zero attached hydrogens (tertiary/aromatic N) is 5. The zero-order valence-electron chi connectivity index (χ0n) is 15.0. The van der Waals surface area contributed by atoms with E-state index < -0.39 is 0 Å². The fourth-order valence-corrected chi connectivity index (χ4v) is 5.06. The highest BCUT2D eigenvalue weighted by molar-refractivity contribution is 7.10. The molecule has 0 radical (unpaired) electrons. The molecule has 1 amide bonds. The molecular weight excluding hydrogens is 358 g/mol. The number of piperidine rings is 1. The maximum absolute atomic E-state index is 13.0. The smallest absolute Gasteiger partial charge is 0.226 e. The van der Waals surface area contributed by atoms with Gasteiger partial charge < -0.3 is 9.80 Å². The topological polar surface area (TPSA) is 62.2 Å². The van der Waals surface area contributed by atoms with Crippen molar-refractivity contribution in [1.29, 1.82) is 0 Å². The second kappa shape index (κ2) is 6.88. The fourth-order valence-electron chi connectivity index (χ4n) is 4.17. The van der Waals surface area contributed by atoms with Crippen molar-refractivity contribution < 1.29 is 4.79 Å². The molecule has 138 valence electrons. The zero-order valence-corrected chi connectivity index (χ0v) is 15.9. The second-order valence-corrected chi connectivity index (χ2v) is 8.21. The van der Waals surface area contributed by atoms with Crippen LogP contribution in [0.4, 0.5) is 5.82 Å². The third kappa shape index (κ3) is 3.06. The van der Waals surface area contributed by atoms with Crippen molar-refractivity contribution in [2.45, 2.75) is 25.8 Å². The van der Waals surface area contributed by atoms with Crippen LogP contribution in [-0.2, 0) is 17.8 Å². The molecule has 7 heteroatoms. The molecule has 0 saturated carbocycles. The molecule has 27 heavy (non-hydrogen) atoms. The summed E-state index contributed by atoms with van der Waals surface area (Å²) in [5.41, 5.74) is 2.05. The molecule has 0 spiro atoms. The lowest BCUT2D eigenvalue weighted by Crippen LogP contribution is -2.44. The molecule has 0 aromatic carbocycles. The molecule has 2 aliphatic rings. The van der Waals surface area contributed by atoms with Crippen molar-refractivity contribution in [3.63, 3.8) is 0 Å². The Morgan fingerprint density at radius 1 is 1.11 bits per heavy atom. The maximum atomic E-state index is 13.0. The van der Waals surface area contributed by atoms with Crippen molar-refractivity contribution in [1.82, 2.24) is 19.9 Å². The Labute approximate surface area is 161 Å². The summed E-state index contributed by atoms with van der Waals surface area (Å²) in [6.45, 7) is 3.32. The van der Waals surface area contributed by atoms with Crippen molar-refractivity contribution in [2.24, 2.45) is 5.92 Å². The average Bonchev–Trinajstić information content (AvgIpc) is 3.21. The van der Waals surface area contributed by atoms with Crippen LogP contribution >= 0.6 is 11.3 Å². The Hall–Kier alpha value is -2.54. The summed E-state index contributed by atoms with van der Waals surface area (Å²) in [4.78, 5) is 31.8. The van der Waals surface area contributed by atoms with Gasteiger partial charge in [-0.25, -0.2) is 15.0 Å². The second-order valence-electron chi connectivity index (χ2n) is 7.21. The molecule has 1 saturated heterocycles. The van der Waals surface area contributed by atoms with Crippen LogP contribution in [0.3, 0.4) is 0 Å². The van der Waals surface area contributed by atoms with E-state index in [0.717, 1.165) is 62.3 Å². The molecule has 0 aliphatic carbocycles. The first kappa shape index (κ1) is 16.6. The molecule has 0 bridgehead atoms. The largest absolute Gasteiger partial charge is 0.356 e. The number of carbonyl (C=O) groups excluding carboxylic acids is 1. The van der Waals surface area contributed by atoms with Gasteiger partial charge in [-0.05, 0) is 48.4 Å². The lowest BCUT2D eigenvalue weighted by Gasteiger charge is -2.36. The van der Waals surface area contributed by atoms with E-state index in [1.165, 1.54) is 10.4 Å². The molecule has 3 aromatic rings. The minimum atomic E-state index is 0.118. The van der Waals surface area contributed by atoms with Crippen LogP contribution in [0, 0.1) is 5.92 Å². The van der Waals surface area contributed by atoms with E-state index >= 15 is 0 Å². The molecule has 0 atom stereocenters. The monoisotopic (exact) mass is 379 g/mol. The van der Waals surface area contributed by atoms with Crippen molar-refractivity contribution in [3.8, 4) is 0 Å². The summed E-state index contributed by atoms with van der Waals surface area (Å²) >= 11 is 1.81. The number of fused-ring (bicyclic) bond motifs is 2. The minimum Gasteiger partial charge on any atom is -0.356 e. The average molecular weight is 379 g/mol. The number of hydrogen-bond acceptors (Lipinski definition) is 6. The van der Waals surface area contributed by atoms with Gasteiger partial charge in [-0.3, -0.25) is 4.79 Å². The van der Waals surface area contributed by atoms with E-state index in [9.17, 15) is 4.79 Å². The van der Waals surface area contributed by atoms with Crippen LogP contribution in [0.1, 0.15) is 23.3 Å². The van der Waals surface area contributed by atoms with Crippen LogP contribution in [-0.4, -0.2) is 45.4 Å². The van der Waals surface area contributed by atoms with E-state index in [1.807, 2.05) is 23.5 Å². The highest BCUT2D eigenvalue weighted by atomic mass is 32.1. The number of hydrogen-bond donors (Lipinski definition) is 0. The Morgan fingerprint density at radius 2 is 2.00 bits per heavy atom. The van der Waals surface area contributed by atoms with Gasteiger partial charge in [0.2, 0.25) is 5.91 Å². The Bertz CT molecular complexity index is 974. The summed E-state index contributed by atoms with van der Waals surface area (Å²) < 4.78 is 0. The SMILES string of the molecule is O=C(C1CCN(c2ncnc3ncccc23)CC1)N1CCc2sccc2C1. The molecular formula is C20H21N5OS. The van der Waals surface area contributed by atoms with Gasteiger partial charge in [-0.2, -0.15) is 0 Å². The highest BCUT2D eigenvalue weighted by Crippen LogP contribution is 2.30. The summed E-state index contributed by atoms with van der Waals surface area (Å²) in [6, 6.07) is 6.10. The lowest BCUT2D eigenvalue weighted by atomic mass is 9.94. The molecule has 5 heterocycles. The Kier molecular flexibility index (Phi) is 4.24. The fraction of sp³-hybridized carbons (Fsp3) is 0.400. The first-order valence-corrected chi connectivity index (χ1v) is 10.3. The number of rotatable bonds is 2. The van der Waals surface area contributed by atoms with Gasteiger partial charge in [0, 0.05) is 43.2 Å². The number of aromatic nitrogens is 3. The summed E-state index contributed by atoms with van der Waals surface area (Å²) in [7, 11) is 0. The van der Waals surface area contributed by atoms with Gasteiger partial charge in [0.15, 0.2) is 5.65 Å². The molecule has 2 aliphatic heterocycles. The molecule has 3 aromatic heterocycles. The van der Waals surface area contributed by atoms with Gasteiger partial charge in [-0.15, -0.1) is 11.3 Å². The van der Waals surface area contributed by atoms with E-state index in [1.54, 1.807) is 12.5 Å². The first-order chi connectivity index (χ1) is 13.3. The molecule has 0 unspecified atom stereocenters. The van der Waals surface area contributed by atoms with Gasteiger partial charge in [0.1, 0.15) is 12.1 Å². The summed E-state index contributed by atoms with van der Waals surface area (Å²) in [5.74, 6) is 1.37. The predicted octanol–water partition coefficient (Wildman–Crippen LogP) is 2.89. The Morgan fingerprint density at radius 3 is 2.89 bits per heavy atom. The number of anilines is 1. The van der Waals surface area contributed by atoms with E-state index in [4.69, 9.17) is 0 Å². The van der Waals surface area contributed by atoms with Gasteiger partial charge in [0.25, 0.3) is 0 Å². The van der Waals surface area contributed by atoms with E-state index in [0.29, 0.717) is 5.91 Å². The number of amides is 1. The third-order valence-electron chi connectivity index (χ3n) is 5.65. The number of pyridine rings is 1. The number of carbonyl (C=O) groups is 1. The Balaban J connectivity index is 1.27. The normalized spacial score (nSPS) is 17.9. The lowest BCUT2D eigenvalue weighted by molar-refractivity contribution is -0.137. The van der Waals surface area contributed by atoms with Gasteiger partial charge in [0.05, 0.1) is 5.39 Å². The molecule has 0 N–H and O–H groups in total. The van der Waals surface area contributed by atoms with Crippen LogP contribution < -0.4 is 4.90 Å². The van der Waals surface area contributed by atoms with Crippen LogP contribution in [0.5, 0.6) is 0 Å². The standard InChI is InChI=1S/C20H21N5OS/c26-20(25-10-5-17-15(12-25)6-11-27-17)14-3-8-24(9-4-14)19-16-2-1-7-21-18(16)22-13-23-19/h1-2,6-7,11,13-14H,3-5,8-10,12H2. The number of thiophene rings is 1. The quantitative estimate of drug-likeness (QED) is 0.685. The summed E-state index contributed by atoms with van der Waals surface area (Å²) in [6.07, 6.45) is 6.07. The van der Waals surface area contributed by atoms with Crippen LogP contribution in [0.15, 0.2) is 36.1 Å². The van der Waals surface area contributed by atoms with Crippen LogP contribution in [0.2, 0.25) is 0 Å². The third-order valence-corrected chi connectivity index (χ3v) is 6.67. The predicted molar refractivity (Wildman–Crippen MR) is 106 cm³/mol. The minimum absolute atomic E-state index is 0.118. The van der Waals surface area contributed by atoms with Crippen molar-refractivity contribution in [2.75, 3.05) is 24.5 Å². The summed E-state index contributed by atoms with van der Waals surface area (Å²) in [5, 5.41) is 3.11. The van der Waals surface area contributed by atoms with Crippen molar-refractivity contribution >= 4 is 34.1 Å². The zero-order chi connectivity index (χ0) is 18.2. The van der Waals surface area contributed by atoms with E-state index in [2.05, 4.69) is 36.2 Å².